The Morgan fingerprint density at radius 3 is 2.06 bits per heavy atom. The Kier molecular flexibility index (Phi) is 8.67. The summed E-state index contributed by atoms with van der Waals surface area (Å²) in [6.07, 6.45) is 8.34. The molecule has 4 nitrogen and oxygen atoms in total. The minimum atomic E-state index is 0.214. The average molecular weight is 493 g/mol. The highest BCUT2D eigenvalue weighted by atomic mass is 16.5. The highest BCUT2D eigenvalue weighted by Gasteiger charge is 2.37. The molecule has 1 aliphatic carbocycles. The molecule has 1 aliphatic heterocycles. The van der Waals surface area contributed by atoms with E-state index in [2.05, 4.69) is 73.9 Å². The van der Waals surface area contributed by atoms with Crippen molar-refractivity contribution in [2.75, 3.05) is 51.3 Å². The molecule has 2 aliphatic rings. The van der Waals surface area contributed by atoms with Gasteiger partial charge in [0.2, 0.25) is 0 Å². The number of benzene rings is 2. The molecule has 1 N–H and O–H groups in total. The summed E-state index contributed by atoms with van der Waals surface area (Å²) in [5.74, 6) is 0.968. The zero-order valence-corrected chi connectivity index (χ0v) is 23.4. The van der Waals surface area contributed by atoms with Crippen LogP contribution in [0, 0.1) is 0 Å². The van der Waals surface area contributed by atoms with Gasteiger partial charge < -0.3 is 14.7 Å². The molecule has 0 saturated carbocycles. The van der Waals surface area contributed by atoms with Crippen molar-refractivity contribution in [1.29, 1.82) is 0 Å². The minimum Gasteiger partial charge on any atom is -0.495 e. The minimum absolute atomic E-state index is 0.214. The largest absolute Gasteiger partial charge is 0.495 e. The van der Waals surface area contributed by atoms with Gasteiger partial charge in [-0.15, -0.1) is 0 Å². The first-order valence-electron chi connectivity index (χ1n) is 14.2. The highest BCUT2D eigenvalue weighted by Crippen LogP contribution is 2.47. The van der Waals surface area contributed by atoms with Gasteiger partial charge in [-0.25, -0.2) is 0 Å². The number of piperazine rings is 1. The van der Waals surface area contributed by atoms with Crippen LogP contribution < -0.4 is 9.64 Å². The van der Waals surface area contributed by atoms with Crippen LogP contribution in [0.4, 0.5) is 5.69 Å². The lowest BCUT2D eigenvalue weighted by molar-refractivity contribution is 0.249. The van der Waals surface area contributed by atoms with Crippen molar-refractivity contribution in [1.82, 2.24) is 4.90 Å². The Morgan fingerprint density at radius 1 is 0.750 bits per heavy atom. The van der Waals surface area contributed by atoms with Gasteiger partial charge in [0.1, 0.15) is 5.75 Å². The summed E-state index contributed by atoms with van der Waals surface area (Å²) >= 11 is 0. The molecule has 1 saturated heterocycles. The van der Waals surface area contributed by atoms with E-state index >= 15 is 0 Å². The number of hydrogen-bond donors (Lipinski definition) is 1. The molecule has 0 unspecified atom stereocenters. The number of ether oxygens (including phenoxy) is 1. The van der Waals surface area contributed by atoms with E-state index in [-0.39, 0.29) is 10.8 Å². The van der Waals surface area contributed by atoms with Gasteiger partial charge in [0.15, 0.2) is 0 Å². The predicted molar refractivity (Wildman–Crippen MR) is 153 cm³/mol. The lowest BCUT2D eigenvalue weighted by Crippen LogP contribution is -2.46. The summed E-state index contributed by atoms with van der Waals surface area (Å²) < 4.78 is 5.81. The molecule has 1 fully saturated rings. The van der Waals surface area contributed by atoms with Crippen molar-refractivity contribution in [3.05, 3.63) is 47.5 Å². The molecule has 0 spiro atoms. The van der Waals surface area contributed by atoms with Gasteiger partial charge in [0.25, 0.3) is 0 Å². The summed E-state index contributed by atoms with van der Waals surface area (Å²) in [5.41, 5.74) is 7.29. The number of anilines is 1. The number of aliphatic hydroxyl groups is 1. The van der Waals surface area contributed by atoms with Gasteiger partial charge in [-0.1, -0.05) is 71.2 Å². The summed E-state index contributed by atoms with van der Waals surface area (Å²) in [5, 5.41) is 8.93. The molecule has 4 heteroatoms. The van der Waals surface area contributed by atoms with Crippen LogP contribution >= 0.6 is 0 Å². The van der Waals surface area contributed by atoms with Crippen LogP contribution in [-0.2, 0) is 10.8 Å². The molecular formula is C32H48N2O2. The van der Waals surface area contributed by atoms with Crippen LogP contribution in [0.15, 0.2) is 36.4 Å². The maximum atomic E-state index is 8.93. The van der Waals surface area contributed by atoms with Gasteiger partial charge in [0.05, 0.1) is 12.8 Å². The predicted octanol–water partition coefficient (Wildman–Crippen LogP) is 6.78. The van der Waals surface area contributed by atoms with Crippen LogP contribution in [0.5, 0.6) is 5.75 Å². The van der Waals surface area contributed by atoms with Gasteiger partial charge in [-0.3, -0.25) is 4.90 Å². The fourth-order valence-corrected chi connectivity index (χ4v) is 6.07. The maximum Gasteiger partial charge on any atom is 0.142 e. The normalized spacial score (nSPS) is 19.2. The standard InChI is InChI=1S/C32H48N2O2/c1-31(2)15-16-32(3,4)28-23-25(11-13-27(28)31)26-12-14-30(36-5)29(24-26)34-20-18-33(19-21-34)17-9-7-6-8-10-22-35/h11-14,23-24,35H,6-10,15-22H2,1-5H3. The first-order chi connectivity index (χ1) is 17.2. The topological polar surface area (TPSA) is 35.9 Å². The van der Waals surface area contributed by atoms with Gasteiger partial charge in [-0.05, 0) is 77.4 Å². The second kappa shape index (κ2) is 11.6. The number of unbranched alkanes of at least 4 members (excludes halogenated alkanes) is 4. The molecule has 2 aromatic rings. The third kappa shape index (κ3) is 6.08. The molecule has 0 radical (unpaired) electrons. The van der Waals surface area contributed by atoms with Gasteiger partial charge in [-0.2, -0.15) is 0 Å². The van der Waals surface area contributed by atoms with Gasteiger partial charge >= 0.3 is 0 Å². The molecule has 36 heavy (non-hydrogen) atoms. The van der Waals surface area contributed by atoms with Crippen molar-refractivity contribution in [2.24, 2.45) is 0 Å². The molecule has 0 atom stereocenters. The van der Waals surface area contributed by atoms with Crippen LogP contribution in [0.3, 0.4) is 0 Å². The van der Waals surface area contributed by atoms with Crippen LogP contribution in [-0.4, -0.2) is 56.4 Å². The van der Waals surface area contributed by atoms with E-state index < -0.39 is 0 Å². The van der Waals surface area contributed by atoms with Crippen LogP contribution in [0.25, 0.3) is 11.1 Å². The monoisotopic (exact) mass is 492 g/mol. The van der Waals surface area contributed by atoms with Crippen molar-refractivity contribution in [3.63, 3.8) is 0 Å². The average Bonchev–Trinajstić information content (AvgIpc) is 2.89. The number of nitrogens with zero attached hydrogens (tertiary/aromatic N) is 2. The molecule has 0 amide bonds. The Balaban J connectivity index is 1.46. The molecular weight excluding hydrogens is 444 g/mol. The Labute approximate surface area is 219 Å². The van der Waals surface area contributed by atoms with E-state index in [0.29, 0.717) is 6.61 Å². The summed E-state index contributed by atoms with van der Waals surface area (Å²) in [6.45, 7) is 15.4. The summed E-state index contributed by atoms with van der Waals surface area (Å²) in [6, 6.07) is 13.9. The van der Waals surface area contributed by atoms with Crippen molar-refractivity contribution < 1.29 is 9.84 Å². The number of rotatable bonds is 10. The molecule has 0 bridgehead atoms. The maximum absolute atomic E-state index is 8.93. The Morgan fingerprint density at radius 2 is 1.36 bits per heavy atom. The van der Waals surface area contributed by atoms with Crippen molar-refractivity contribution in [2.45, 2.75) is 83.5 Å². The Bertz CT molecular complexity index is 1010. The van der Waals surface area contributed by atoms with E-state index in [9.17, 15) is 0 Å². The zero-order valence-electron chi connectivity index (χ0n) is 23.4. The fourth-order valence-electron chi connectivity index (χ4n) is 6.07. The molecule has 4 rings (SSSR count). The van der Waals surface area contributed by atoms with Crippen LogP contribution in [0.2, 0.25) is 0 Å². The third-order valence-corrected chi connectivity index (χ3v) is 8.71. The van der Waals surface area contributed by atoms with E-state index in [1.54, 1.807) is 7.11 Å². The first kappa shape index (κ1) is 27.0. The quantitative estimate of drug-likeness (QED) is 0.371. The molecule has 0 aromatic heterocycles. The van der Waals surface area contributed by atoms with Gasteiger partial charge in [0, 0.05) is 32.8 Å². The number of methoxy groups -OCH3 is 1. The zero-order chi connectivity index (χ0) is 25.8. The third-order valence-electron chi connectivity index (χ3n) is 8.71. The first-order valence-corrected chi connectivity index (χ1v) is 14.2. The fraction of sp³-hybridized carbons (Fsp3) is 0.625. The molecule has 1 heterocycles. The van der Waals surface area contributed by atoms with Crippen molar-refractivity contribution in [3.8, 4) is 16.9 Å². The second-order valence-electron chi connectivity index (χ2n) is 12.2. The summed E-state index contributed by atoms with van der Waals surface area (Å²) in [7, 11) is 1.79. The lowest BCUT2D eigenvalue weighted by atomic mass is 9.63. The van der Waals surface area contributed by atoms with Crippen molar-refractivity contribution >= 4 is 5.69 Å². The van der Waals surface area contributed by atoms with Crippen LogP contribution in [0.1, 0.15) is 83.8 Å². The van der Waals surface area contributed by atoms with E-state index in [4.69, 9.17) is 9.84 Å². The lowest BCUT2D eigenvalue weighted by Gasteiger charge is -2.42. The number of hydrogen-bond acceptors (Lipinski definition) is 4. The Hall–Kier alpha value is -2.04. The number of aliphatic hydroxyl groups excluding tert-OH is 1. The second-order valence-corrected chi connectivity index (χ2v) is 12.2. The van der Waals surface area contributed by atoms with E-state index in [1.807, 2.05) is 0 Å². The van der Waals surface area contributed by atoms with E-state index in [1.165, 1.54) is 66.6 Å². The highest BCUT2D eigenvalue weighted by molar-refractivity contribution is 5.74. The van der Waals surface area contributed by atoms with E-state index in [0.717, 1.165) is 44.8 Å². The molecule has 2 aromatic carbocycles. The number of fused-ring (bicyclic) bond motifs is 1. The molecule has 198 valence electrons. The SMILES string of the molecule is COc1ccc(-c2ccc3c(c2)C(C)(C)CCC3(C)C)cc1N1CCN(CCCCCCCO)CC1. The smallest absolute Gasteiger partial charge is 0.142 e. The summed E-state index contributed by atoms with van der Waals surface area (Å²) in [4.78, 5) is 5.11.